The molecule has 0 aliphatic heterocycles. The number of amides is 2. The van der Waals surface area contributed by atoms with Crippen molar-refractivity contribution in [3.63, 3.8) is 0 Å². The highest BCUT2D eigenvalue weighted by molar-refractivity contribution is 6.05. The van der Waals surface area contributed by atoms with Crippen LogP contribution in [0.1, 0.15) is 15.9 Å². The summed E-state index contributed by atoms with van der Waals surface area (Å²) >= 11 is 0. The SMILES string of the molecule is C=CC(=O)N(C)c1ccc(C(=O)Nc2cccc(CO)c2)cc1. The molecule has 0 bridgehead atoms. The van der Waals surface area contributed by atoms with Gasteiger partial charge in [-0.1, -0.05) is 18.7 Å². The molecule has 5 nitrogen and oxygen atoms in total. The van der Waals surface area contributed by atoms with E-state index in [2.05, 4.69) is 11.9 Å². The Hall–Kier alpha value is -2.92. The molecule has 2 aromatic rings. The Labute approximate surface area is 134 Å². The van der Waals surface area contributed by atoms with E-state index in [-0.39, 0.29) is 18.4 Å². The molecule has 0 fully saturated rings. The molecule has 2 aromatic carbocycles. The van der Waals surface area contributed by atoms with Gasteiger partial charge in [0.1, 0.15) is 0 Å². The highest BCUT2D eigenvalue weighted by atomic mass is 16.3. The van der Waals surface area contributed by atoms with Gasteiger partial charge in [-0.25, -0.2) is 0 Å². The van der Waals surface area contributed by atoms with Crippen LogP contribution in [0, 0.1) is 0 Å². The van der Waals surface area contributed by atoms with Crippen molar-refractivity contribution in [2.45, 2.75) is 6.61 Å². The standard InChI is InChI=1S/C18H18N2O3/c1-3-17(22)20(2)16-9-7-14(8-10-16)18(23)19-15-6-4-5-13(11-15)12-21/h3-11,21H,1,12H2,2H3,(H,19,23). The first-order chi connectivity index (χ1) is 11.0. The van der Waals surface area contributed by atoms with Gasteiger partial charge in [0.2, 0.25) is 5.91 Å². The Morgan fingerprint density at radius 1 is 1.22 bits per heavy atom. The third-order valence-corrected chi connectivity index (χ3v) is 3.39. The molecule has 0 aliphatic rings. The van der Waals surface area contributed by atoms with Gasteiger partial charge in [-0.2, -0.15) is 0 Å². The van der Waals surface area contributed by atoms with E-state index in [0.29, 0.717) is 16.9 Å². The van der Waals surface area contributed by atoms with Crippen LogP contribution in [0.2, 0.25) is 0 Å². The van der Waals surface area contributed by atoms with Gasteiger partial charge in [0.05, 0.1) is 6.61 Å². The first kappa shape index (κ1) is 16.5. The molecule has 2 N–H and O–H groups in total. The topological polar surface area (TPSA) is 69.6 Å². The zero-order valence-corrected chi connectivity index (χ0v) is 12.8. The molecule has 23 heavy (non-hydrogen) atoms. The largest absolute Gasteiger partial charge is 0.392 e. The number of benzene rings is 2. The number of rotatable bonds is 5. The highest BCUT2D eigenvalue weighted by Gasteiger charge is 2.10. The molecule has 0 unspecified atom stereocenters. The van der Waals surface area contributed by atoms with Crippen molar-refractivity contribution < 1.29 is 14.7 Å². The minimum atomic E-state index is -0.260. The van der Waals surface area contributed by atoms with Crippen LogP contribution in [-0.4, -0.2) is 24.0 Å². The van der Waals surface area contributed by atoms with E-state index in [1.54, 1.807) is 55.6 Å². The third kappa shape index (κ3) is 4.05. The molecule has 2 amide bonds. The van der Waals surface area contributed by atoms with Gasteiger partial charge in [0, 0.05) is 24.0 Å². The van der Waals surface area contributed by atoms with Crippen LogP contribution in [0.4, 0.5) is 11.4 Å². The summed E-state index contributed by atoms with van der Waals surface area (Å²) in [7, 11) is 1.64. The number of carbonyl (C=O) groups is 2. The molecule has 2 rings (SSSR count). The fourth-order valence-corrected chi connectivity index (χ4v) is 2.05. The summed E-state index contributed by atoms with van der Waals surface area (Å²) in [5.74, 6) is -0.479. The normalized spacial score (nSPS) is 10.0. The second-order valence-electron chi connectivity index (χ2n) is 4.96. The summed E-state index contributed by atoms with van der Waals surface area (Å²) in [5, 5.41) is 11.9. The van der Waals surface area contributed by atoms with E-state index in [9.17, 15) is 9.59 Å². The number of aliphatic hydroxyl groups is 1. The zero-order valence-electron chi connectivity index (χ0n) is 12.8. The molecule has 0 spiro atoms. The van der Waals surface area contributed by atoms with Gasteiger partial charge in [-0.15, -0.1) is 0 Å². The molecule has 118 valence electrons. The Balaban J connectivity index is 2.11. The molecular weight excluding hydrogens is 292 g/mol. The average Bonchev–Trinajstić information content (AvgIpc) is 2.60. The zero-order chi connectivity index (χ0) is 16.8. The molecule has 0 saturated carbocycles. The number of aliphatic hydroxyl groups excluding tert-OH is 1. The number of carbonyl (C=O) groups excluding carboxylic acids is 2. The predicted octanol–water partition coefficient (Wildman–Crippen LogP) is 2.58. The van der Waals surface area contributed by atoms with Gasteiger partial charge >= 0.3 is 0 Å². The number of hydrogen-bond acceptors (Lipinski definition) is 3. The summed E-state index contributed by atoms with van der Waals surface area (Å²) in [4.78, 5) is 25.2. The lowest BCUT2D eigenvalue weighted by molar-refractivity contribution is -0.113. The monoisotopic (exact) mass is 310 g/mol. The highest BCUT2D eigenvalue weighted by Crippen LogP contribution is 2.16. The smallest absolute Gasteiger partial charge is 0.255 e. The molecule has 0 radical (unpaired) electrons. The van der Waals surface area contributed by atoms with E-state index in [0.717, 1.165) is 5.56 Å². The van der Waals surface area contributed by atoms with E-state index >= 15 is 0 Å². The summed E-state index contributed by atoms with van der Waals surface area (Å²) in [6.07, 6.45) is 1.23. The van der Waals surface area contributed by atoms with Gasteiger partial charge in [0.15, 0.2) is 0 Å². The molecule has 0 aromatic heterocycles. The maximum absolute atomic E-state index is 12.2. The van der Waals surface area contributed by atoms with Crippen molar-refractivity contribution in [2.75, 3.05) is 17.3 Å². The third-order valence-electron chi connectivity index (χ3n) is 3.39. The molecule has 0 aliphatic carbocycles. The minimum Gasteiger partial charge on any atom is -0.392 e. The van der Waals surface area contributed by atoms with Crippen molar-refractivity contribution in [1.82, 2.24) is 0 Å². The van der Waals surface area contributed by atoms with Crippen LogP contribution in [0.15, 0.2) is 61.2 Å². The van der Waals surface area contributed by atoms with Crippen molar-refractivity contribution in [3.05, 3.63) is 72.3 Å². The van der Waals surface area contributed by atoms with Crippen LogP contribution in [0.25, 0.3) is 0 Å². The number of likely N-dealkylation sites (N-methyl/N-ethyl adjacent to an activating group) is 1. The molecule has 0 heterocycles. The Bertz CT molecular complexity index is 723. The van der Waals surface area contributed by atoms with Crippen molar-refractivity contribution in [1.29, 1.82) is 0 Å². The van der Waals surface area contributed by atoms with Crippen molar-refractivity contribution in [2.24, 2.45) is 0 Å². The lowest BCUT2D eigenvalue weighted by Gasteiger charge is -2.15. The minimum absolute atomic E-state index is 0.0813. The maximum Gasteiger partial charge on any atom is 0.255 e. The van der Waals surface area contributed by atoms with E-state index in [1.807, 2.05) is 0 Å². The van der Waals surface area contributed by atoms with Gasteiger partial charge < -0.3 is 15.3 Å². The van der Waals surface area contributed by atoms with Crippen molar-refractivity contribution >= 4 is 23.2 Å². The second kappa shape index (κ2) is 7.38. The van der Waals surface area contributed by atoms with Crippen LogP contribution in [0.5, 0.6) is 0 Å². The average molecular weight is 310 g/mol. The quantitative estimate of drug-likeness (QED) is 0.834. The van der Waals surface area contributed by atoms with Crippen LogP contribution in [-0.2, 0) is 11.4 Å². The maximum atomic E-state index is 12.2. The first-order valence-electron chi connectivity index (χ1n) is 7.06. The van der Waals surface area contributed by atoms with Gasteiger partial charge in [-0.05, 0) is 48.0 Å². The first-order valence-corrected chi connectivity index (χ1v) is 7.06. The van der Waals surface area contributed by atoms with Gasteiger partial charge in [0.25, 0.3) is 5.91 Å². The lowest BCUT2D eigenvalue weighted by Crippen LogP contribution is -2.23. The molecule has 0 atom stereocenters. The number of anilines is 2. The summed E-state index contributed by atoms with van der Waals surface area (Å²) in [6, 6.07) is 13.7. The summed E-state index contributed by atoms with van der Waals surface area (Å²) < 4.78 is 0. The van der Waals surface area contributed by atoms with Gasteiger partial charge in [-0.3, -0.25) is 9.59 Å². The summed E-state index contributed by atoms with van der Waals surface area (Å²) in [6.45, 7) is 3.36. The number of nitrogens with zero attached hydrogens (tertiary/aromatic N) is 1. The fraction of sp³-hybridized carbons (Fsp3) is 0.111. The van der Waals surface area contributed by atoms with E-state index in [4.69, 9.17) is 5.11 Å². The molecular formula is C18H18N2O3. The fourth-order valence-electron chi connectivity index (χ4n) is 2.05. The van der Waals surface area contributed by atoms with Crippen LogP contribution < -0.4 is 10.2 Å². The predicted molar refractivity (Wildman–Crippen MR) is 90.4 cm³/mol. The Kier molecular flexibility index (Phi) is 5.28. The second-order valence-corrected chi connectivity index (χ2v) is 4.96. The number of hydrogen-bond donors (Lipinski definition) is 2. The van der Waals surface area contributed by atoms with E-state index < -0.39 is 0 Å². The number of nitrogens with one attached hydrogen (secondary N) is 1. The summed E-state index contributed by atoms with van der Waals surface area (Å²) in [5.41, 5.74) is 2.49. The molecule has 0 saturated heterocycles. The van der Waals surface area contributed by atoms with Crippen LogP contribution >= 0.6 is 0 Å². The van der Waals surface area contributed by atoms with E-state index in [1.165, 1.54) is 11.0 Å². The Morgan fingerprint density at radius 3 is 2.52 bits per heavy atom. The molecule has 5 heteroatoms. The Morgan fingerprint density at radius 2 is 1.91 bits per heavy atom. The van der Waals surface area contributed by atoms with Crippen molar-refractivity contribution in [3.8, 4) is 0 Å². The lowest BCUT2D eigenvalue weighted by atomic mass is 10.1. The van der Waals surface area contributed by atoms with Crippen LogP contribution in [0.3, 0.4) is 0 Å².